The molecule has 4 atom stereocenters. The maximum absolute atomic E-state index is 14.1. The van der Waals surface area contributed by atoms with Gasteiger partial charge in [0.05, 0.1) is 6.20 Å². The summed E-state index contributed by atoms with van der Waals surface area (Å²) in [7, 11) is 0. The molecule has 11 heteroatoms. The molecule has 4 aliphatic heterocycles. The number of aromatic nitrogens is 3. The van der Waals surface area contributed by atoms with Crippen LogP contribution in [0.4, 0.5) is 5.69 Å². The molecule has 0 aliphatic carbocycles. The minimum Gasteiger partial charge on any atom is -0.469 e. The van der Waals surface area contributed by atoms with E-state index in [1.807, 2.05) is 46.0 Å². The number of rotatable bonds is 4. The van der Waals surface area contributed by atoms with Crippen LogP contribution in [0.2, 0.25) is 0 Å². The number of carbonyl (C=O) groups is 2. The molecule has 10 bridgehead atoms. The van der Waals surface area contributed by atoms with Gasteiger partial charge in [0.2, 0.25) is 23.6 Å². The van der Waals surface area contributed by atoms with E-state index in [0.29, 0.717) is 41.2 Å². The predicted octanol–water partition coefficient (Wildman–Crippen LogP) is 6.84. The number of hydrogen-bond acceptors (Lipinski definition) is 8. The van der Waals surface area contributed by atoms with Gasteiger partial charge in [0, 0.05) is 57.9 Å². The standard InChI is InChI=1S/C40H36N6O5/c1-18(2)13-30(47)43-27-15-20-11-12-28-25(14-20)40-24-9-5-8-22(33(24)46-39(40)50-28)21-7-6-10-26-31(21)23(16-41-26)29-17-42-37(49-29)34-35(40)51-38(45-34)32(19(3)4)44-36(27)48/h5-12,14,16-19,27,32,39,41,46H,13,15H2,1-4H3,(H,43,47)(H,44,48)/t27-,32?,39?,40?/m0/s1. The van der Waals surface area contributed by atoms with E-state index in [-0.39, 0.29) is 30.1 Å². The van der Waals surface area contributed by atoms with Gasteiger partial charge in [0.15, 0.2) is 23.4 Å². The Bertz CT molecular complexity index is 2440. The van der Waals surface area contributed by atoms with Gasteiger partial charge < -0.3 is 34.5 Å². The Kier molecular flexibility index (Phi) is 6.23. The van der Waals surface area contributed by atoms with Crippen molar-refractivity contribution in [3.8, 4) is 39.8 Å². The third-order valence-corrected chi connectivity index (χ3v) is 10.8. The van der Waals surface area contributed by atoms with E-state index in [9.17, 15) is 9.59 Å². The minimum absolute atomic E-state index is 0.116. The lowest BCUT2D eigenvalue weighted by molar-refractivity contribution is -0.130. The highest BCUT2D eigenvalue weighted by Crippen LogP contribution is 2.61. The fourth-order valence-electron chi connectivity index (χ4n) is 8.48. The van der Waals surface area contributed by atoms with E-state index in [4.69, 9.17) is 23.5 Å². The van der Waals surface area contributed by atoms with E-state index in [0.717, 1.165) is 50.0 Å². The lowest BCUT2D eigenvalue weighted by Crippen LogP contribution is -2.49. The summed E-state index contributed by atoms with van der Waals surface area (Å²) in [5, 5.41) is 11.0. The van der Waals surface area contributed by atoms with Gasteiger partial charge in [-0.25, -0.2) is 9.97 Å². The zero-order valence-electron chi connectivity index (χ0n) is 28.6. The van der Waals surface area contributed by atoms with E-state index in [1.165, 1.54) is 0 Å². The number of oxazole rings is 2. The summed E-state index contributed by atoms with van der Waals surface area (Å²) in [6, 6.07) is 17.1. The maximum Gasteiger partial charge on any atom is 0.249 e. The zero-order chi connectivity index (χ0) is 34.8. The van der Waals surface area contributed by atoms with Crippen molar-refractivity contribution in [3.63, 3.8) is 0 Å². The van der Waals surface area contributed by atoms with Gasteiger partial charge in [0.1, 0.15) is 23.2 Å². The Balaban J connectivity index is 1.29. The summed E-state index contributed by atoms with van der Waals surface area (Å²) in [5.41, 5.74) is 6.97. The molecule has 11 nitrogen and oxygen atoms in total. The van der Waals surface area contributed by atoms with Gasteiger partial charge >= 0.3 is 0 Å². The van der Waals surface area contributed by atoms with Crippen LogP contribution >= 0.6 is 0 Å². The van der Waals surface area contributed by atoms with Crippen LogP contribution in [0.1, 0.15) is 68.5 Å². The monoisotopic (exact) mass is 680 g/mol. The number of H-pyrrole nitrogens is 1. The Labute approximate surface area is 293 Å². The van der Waals surface area contributed by atoms with Crippen molar-refractivity contribution in [1.29, 1.82) is 0 Å². The lowest BCUT2D eigenvalue weighted by Gasteiger charge is -2.29. The largest absolute Gasteiger partial charge is 0.469 e. The highest BCUT2D eigenvalue weighted by atomic mass is 16.5. The van der Waals surface area contributed by atoms with Crippen LogP contribution in [-0.2, 0) is 21.4 Å². The number of ether oxygens (including phenoxy) is 1. The first kappa shape index (κ1) is 30.0. The van der Waals surface area contributed by atoms with Crippen molar-refractivity contribution in [2.45, 2.75) is 64.3 Å². The van der Waals surface area contributed by atoms with E-state index in [1.54, 1.807) is 6.20 Å². The molecule has 51 heavy (non-hydrogen) atoms. The number of para-hydroxylation sites is 1. The molecule has 0 radical (unpaired) electrons. The van der Waals surface area contributed by atoms with Crippen molar-refractivity contribution < 1.29 is 23.2 Å². The molecular weight excluding hydrogens is 644 g/mol. The summed E-state index contributed by atoms with van der Waals surface area (Å²) in [6.45, 7) is 7.98. The molecule has 3 aromatic carbocycles. The Morgan fingerprint density at radius 1 is 1.00 bits per heavy atom. The van der Waals surface area contributed by atoms with E-state index >= 15 is 0 Å². The molecule has 3 unspecified atom stereocenters. The first-order chi connectivity index (χ1) is 24.7. The molecule has 3 aromatic heterocycles. The second kappa shape index (κ2) is 10.6. The van der Waals surface area contributed by atoms with Gasteiger partial charge in [0.25, 0.3) is 0 Å². The molecule has 7 heterocycles. The van der Waals surface area contributed by atoms with Gasteiger partial charge in [-0.3, -0.25) is 9.59 Å². The van der Waals surface area contributed by atoms with Crippen LogP contribution in [0.25, 0.3) is 44.9 Å². The van der Waals surface area contributed by atoms with Crippen LogP contribution in [-0.4, -0.2) is 39.0 Å². The van der Waals surface area contributed by atoms with Crippen LogP contribution in [0.3, 0.4) is 0 Å². The van der Waals surface area contributed by atoms with Crippen molar-refractivity contribution in [2.24, 2.45) is 11.8 Å². The van der Waals surface area contributed by atoms with Gasteiger partial charge in [-0.15, -0.1) is 0 Å². The van der Waals surface area contributed by atoms with Crippen LogP contribution in [0.15, 0.2) is 75.8 Å². The summed E-state index contributed by atoms with van der Waals surface area (Å²) in [4.78, 5) is 40.6. The second-order valence-electron chi connectivity index (χ2n) is 14.9. The Morgan fingerprint density at radius 2 is 1.84 bits per heavy atom. The highest BCUT2D eigenvalue weighted by Gasteiger charge is 2.61. The molecule has 2 amide bonds. The average Bonchev–Trinajstić information content (AvgIpc) is 3.92. The second-order valence-corrected chi connectivity index (χ2v) is 14.9. The predicted molar refractivity (Wildman–Crippen MR) is 190 cm³/mol. The van der Waals surface area contributed by atoms with Gasteiger partial charge in [-0.1, -0.05) is 70.2 Å². The van der Waals surface area contributed by atoms with Crippen molar-refractivity contribution in [3.05, 3.63) is 95.3 Å². The van der Waals surface area contributed by atoms with Crippen molar-refractivity contribution in [2.75, 3.05) is 5.32 Å². The Morgan fingerprint density at radius 3 is 2.69 bits per heavy atom. The fourth-order valence-corrected chi connectivity index (χ4v) is 8.48. The molecule has 256 valence electrons. The van der Waals surface area contributed by atoms with Gasteiger partial charge in [-0.05, 0) is 35.1 Å². The fraction of sp³-hybridized carbons (Fsp3) is 0.300. The number of nitrogens with zero attached hydrogens (tertiary/aromatic N) is 2. The van der Waals surface area contributed by atoms with E-state index in [2.05, 4.69) is 63.4 Å². The quantitative estimate of drug-likeness (QED) is 0.158. The van der Waals surface area contributed by atoms with Crippen LogP contribution in [0.5, 0.6) is 5.75 Å². The number of carbonyl (C=O) groups excluding carboxylic acids is 2. The molecule has 6 aromatic rings. The summed E-state index contributed by atoms with van der Waals surface area (Å²) >= 11 is 0. The van der Waals surface area contributed by atoms with Crippen molar-refractivity contribution in [1.82, 2.24) is 25.6 Å². The molecule has 1 spiro atoms. The summed E-state index contributed by atoms with van der Waals surface area (Å²) in [6.07, 6.45) is 3.67. The van der Waals surface area contributed by atoms with Crippen LogP contribution < -0.4 is 20.7 Å². The number of hydrogen-bond donors (Lipinski definition) is 4. The molecular formula is C40H36N6O5. The molecule has 0 fully saturated rings. The first-order valence-electron chi connectivity index (χ1n) is 17.6. The number of aromatic amines is 1. The maximum atomic E-state index is 14.1. The molecule has 0 saturated heterocycles. The number of benzene rings is 3. The smallest absolute Gasteiger partial charge is 0.249 e. The number of anilines is 1. The minimum atomic E-state index is -1.01. The van der Waals surface area contributed by atoms with Crippen LogP contribution in [0, 0.1) is 11.8 Å². The molecule has 10 rings (SSSR count). The first-order valence-corrected chi connectivity index (χ1v) is 17.6. The SMILES string of the molecule is CC(C)CC(=O)N[C@H]1Cc2ccc3c(c2)C24c5cccc(c5NC2O3)-c2cccc3[nH]cc(c23)-c2cnc(o2)-c2nc(oc24)C(C(C)C)NC1=O. The summed E-state index contributed by atoms with van der Waals surface area (Å²) < 4.78 is 20.4. The third kappa shape index (κ3) is 4.17. The molecule has 4 N–H and O–H groups in total. The topological polar surface area (TPSA) is 147 Å². The lowest BCUT2D eigenvalue weighted by atomic mass is 9.72. The Hall–Kier alpha value is -5.84. The number of fused-ring (bicyclic) bond motifs is 7. The van der Waals surface area contributed by atoms with Crippen molar-refractivity contribution >= 4 is 28.4 Å². The molecule has 0 saturated carbocycles. The zero-order valence-corrected chi connectivity index (χ0v) is 28.6. The average molecular weight is 681 g/mol. The third-order valence-electron chi connectivity index (χ3n) is 10.8. The number of amides is 2. The van der Waals surface area contributed by atoms with Gasteiger partial charge in [-0.2, -0.15) is 0 Å². The number of nitrogens with one attached hydrogen (secondary N) is 4. The molecule has 4 aliphatic rings. The van der Waals surface area contributed by atoms with E-state index < -0.39 is 23.7 Å². The normalized spacial score (nSPS) is 22.2. The summed E-state index contributed by atoms with van der Waals surface area (Å²) in [5.74, 6) is 1.96. The highest BCUT2D eigenvalue weighted by molar-refractivity contribution is 6.07.